The maximum atomic E-state index is 14.4. The van der Waals surface area contributed by atoms with E-state index in [1.54, 1.807) is 28.8 Å². The van der Waals surface area contributed by atoms with Crippen molar-refractivity contribution in [2.24, 2.45) is 0 Å². The number of hydrogen-bond donors (Lipinski definition) is 0. The lowest BCUT2D eigenvalue weighted by atomic mass is 10.2. The quantitative estimate of drug-likeness (QED) is 0.388. The molecule has 5 rings (SSSR count). The van der Waals surface area contributed by atoms with Gasteiger partial charge in [0.25, 0.3) is 0 Å². The van der Waals surface area contributed by atoms with Crippen LogP contribution in [0.3, 0.4) is 0 Å². The Morgan fingerprint density at radius 2 is 1.88 bits per heavy atom. The molecular weight excluding hydrogens is 459 g/mol. The van der Waals surface area contributed by atoms with Gasteiger partial charge in [0.15, 0.2) is 0 Å². The van der Waals surface area contributed by atoms with E-state index in [1.807, 2.05) is 30.3 Å². The fourth-order valence-electron chi connectivity index (χ4n) is 4.10. The molecule has 6 nitrogen and oxygen atoms in total. The first-order chi connectivity index (χ1) is 16.2. The van der Waals surface area contributed by atoms with E-state index in [-0.39, 0.29) is 22.9 Å². The fraction of sp³-hybridized carbons (Fsp3) is 0.375. The summed E-state index contributed by atoms with van der Waals surface area (Å²) in [5.74, 6) is 1.54. The van der Waals surface area contributed by atoms with Crippen LogP contribution < -0.4 is 0 Å². The van der Waals surface area contributed by atoms with Crippen LogP contribution in [0.5, 0.6) is 0 Å². The average molecular weight is 485 g/mol. The van der Waals surface area contributed by atoms with Gasteiger partial charge in [0.05, 0.1) is 31.0 Å². The van der Waals surface area contributed by atoms with Gasteiger partial charge in [-0.2, -0.15) is 0 Å². The van der Waals surface area contributed by atoms with Gasteiger partial charge in [-0.05, 0) is 12.1 Å². The number of aromatic nitrogens is 2. The summed E-state index contributed by atoms with van der Waals surface area (Å²) >= 11 is 3.04. The Kier molecular flexibility index (Phi) is 7.10. The molecule has 0 saturated carbocycles. The predicted molar refractivity (Wildman–Crippen MR) is 130 cm³/mol. The molecule has 0 aliphatic carbocycles. The third kappa shape index (κ3) is 5.16. The van der Waals surface area contributed by atoms with Crippen molar-refractivity contribution in [1.82, 2.24) is 19.8 Å². The summed E-state index contributed by atoms with van der Waals surface area (Å²) in [6.07, 6.45) is 0. The summed E-state index contributed by atoms with van der Waals surface area (Å²) in [5, 5.41) is 1.48. The summed E-state index contributed by atoms with van der Waals surface area (Å²) in [5.41, 5.74) is 1.45. The van der Waals surface area contributed by atoms with Crippen molar-refractivity contribution in [2.75, 3.05) is 44.4 Å². The Morgan fingerprint density at radius 1 is 1.09 bits per heavy atom. The zero-order chi connectivity index (χ0) is 22.6. The van der Waals surface area contributed by atoms with Crippen LogP contribution in [0.1, 0.15) is 16.8 Å². The number of para-hydroxylation sites is 1. The van der Waals surface area contributed by atoms with Gasteiger partial charge in [-0.3, -0.25) is 9.69 Å². The lowest BCUT2D eigenvalue weighted by molar-refractivity contribution is -0.128. The summed E-state index contributed by atoms with van der Waals surface area (Å²) in [4.78, 5) is 26.8. The van der Waals surface area contributed by atoms with Crippen molar-refractivity contribution in [3.63, 3.8) is 0 Å². The third-order valence-corrected chi connectivity index (χ3v) is 8.02. The smallest absolute Gasteiger partial charge is 0.234 e. The summed E-state index contributed by atoms with van der Waals surface area (Å²) in [7, 11) is 0. The van der Waals surface area contributed by atoms with Crippen molar-refractivity contribution in [3.8, 4) is 0 Å². The van der Waals surface area contributed by atoms with Crippen LogP contribution in [0.15, 0.2) is 53.6 Å². The number of morpholine rings is 1. The molecule has 1 amide bonds. The van der Waals surface area contributed by atoms with Gasteiger partial charge in [-0.1, -0.05) is 48.2 Å². The van der Waals surface area contributed by atoms with Crippen molar-refractivity contribution < 1.29 is 13.9 Å². The van der Waals surface area contributed by atoms with Crippen LogP contribution in [-0.2, 0) is 16.1 Å². The lowest BCUT2D eigenvalue weighted by Crippen LogP contribution is -2.36. The number of hydrogen-bond acceptors (Lipinski definition) is 7. The molecule has 0 bridgehead atoms. The topological polar surface area (TPSA) is 58.6 Å². The number of fused-ring (bicyclic) bond motifs is 1. The van der Waals surface area contributed by atoms with Crippen molar-refractivity contribution in [1.29, 1.82) is 0 Å². The van der Waals surface area contributed by atoms with Crippen LogP contribution in [0.2, 0.25) is 0 Å². The molecule has 172 valence electrons. The number of halogens is 1. The lowest BCUT2D eigenvalue weighted by Gasteiger charge is -2.26. The molecule has 9 heteroatoms. The SMILES string of the molecule is O=C(CSc1nc(CN2CCOCC2)nc2ccccc12)N1CCS[C@@H]1c1ccccc1F. The van der Waals surface area contributed by atoms with Crippen molar-refractivity contribution in [2.45, 2.75) is 16.9 Å². The second-order valence-corrected chi connectivity index (χ2v) is 10.1. The number of rotatable bonds is 6. The van der Waals surface area contributed by atoms with E-state index >= 15 is 0 Å². The zero-order valence-electron chi connectivity index (χ0n) is 18.2. The van der Waals surface area contributed by atoms with Crippen LogP contribution in [0.25, 0.3) is 10.9 Å². The molecule has 0 spiro atoms. The first-order valence-electron chi connectivity index (χ1n) is 11.0. The van der Waals surface area contributed by atoms with E-state index in [2.05, 4.69) is 4.90 Å². The van der Waals surface area contributed by atoms with Crippen LogP contribution in [0.4, 0.5) is 4.39 Å². The number of ether oxygens (including phenoxy) is 1. The van der Waals surface area contributed by atoms with Gasteiger partial charge < -0.3 is 9.64 Å². The largest absolute Gasteiger partial charge is 0.379 e. The number of nitrogens with zero attached hydrogens (tertiary/aromatic N) is 4. The second-order valence-electron chi connectivity index (χ2n) is 7.97. The standard InChI is InChI=1S/C24H25FN4O2S2/c25-19-7-3-1-5-17(19)24-29(11-14-32-24)22(30)16-33-23-18-6-2-4-8-20(18)26-21(27-23)15-28-9-12-31-13-10-28/h1-8,24H,9-16H2/t24-/m1/s1. The highest BCUT2D eigenvalue weighted by Crippen LogP contribution is 2.39. The van der Waals surface area contributed by atoms with Gasteiger partial charge in [0.2, 0.25) is 5.91 Å². The number of carbonyl (C=O) groups is 1. The fourth-order valence-corrected chi connectivity index (χ4v) is 6.33. The molecule has 2 aliphatic rings. The van der Waals surface area contributed by atoms with Gasteiger partial charge in [0.1, 0.15) is 22.0 Å². The summed E-state index contributed by atoms with van der Waals surface area (Å²) < 4.78 is 19.8. The molecule has 2 fully saturated rings. The van der Waals surface area contributed by atoms with E-state index in [4.69, 9.17) is 14.7 Å². The Morgan fingerprint density at radius 3 is 2.73 bits per heavy atom. The Bertz CT molecular complexity index is 1140. The molecular formula is C24H25FN4O2S2. The highest BCUT2D eigenvalue weighted by molar-refractivity contribution is 8.00. The van der Waals surface area contributed by atoms with Crippen LogP contribution in [-0.4, -0.2) is 70.0 Å². The molecule has 0 N–H and O–H groups in total. The maximum absolute atomic E-state index is 14.4. The Labute approximate surface area is 200 Å². The van der Waals surface area contributed by atoms with Crippen LogP contribution >= 0.6 is 23.5 Å². The number of thioether (sulfide) groups is 2. The number of amides is 1. The van der Waals surface area contributed by atoms with E-state index in [0.717, 1.165) is 53.8 Å². The van der Waals surface area contributed by atoms with E-state index in [9.17, 15) is 9.18 Å². The molecule has 0 unspecified atom stereocenters. The highest BCUT2D eigenvalue weighted by Gasteiger charge is 2.32. The monoisotopic (exact) mass is 484 g/mol. The molecule has 2 aromatic carbocycles. The van der Waals surface area contributed by atoms with Gasteiger partial charge >= 0.3 is 0 Å². The van der Waals surface area contributed by atoms with Crippen molar-refractivity contribution in [3.05, 3.63) is 65.7 Å². The number of benzene rings is 2. The van der Waals surface area contributed by atoms with Crippen LogP contribution in [0, 0.1) is 5.82 Å². The molecule has 1 atom stereocenters. The second kappa shape index (κ2) is 10.4. The van der Waals surface area contributed by atoms with Gasteiger partial charge in [-0.15, -0.1) is 11.8 Å². The average Bonchev–Trinajstić information content (AvgIpc) is 3.33. The van der Waals surface area contributed by atoms with Gasteiger partial charge in [-0.25, -0.2) is 14.4 Å². The molecule has 2 aliphatic heterocycles. The van der Waals surface area contributed by atoms with E-state index < -0.39 is 0 Å². The zero-order valence-corrected chi connectivity index (χ0v) is 19.8. The third-order valence-electron chi connectivity index (χ3n) is 5.80. The molecule has 0 radical (unpaired) electrons. The molecule has 3 aromatic rings. The normalized spacial score (nSPS) is 19.3. The molecule has 2 saturated heterocycles. The molecule has 1 aromatic heterocycles. The Balaban J connectivity index is 1.33. The minimum Gasteiger partial charge on any atom is -0.379 e. The first kappa shape index (κ1) is 22.6. The maximum Gasteiger partial charge on any atom is 0.234 e. The highest BCUT2D eigenvalue weighted by atomic mass is 32.2. The van der Waals surface area contributed by atoms with Crippen molar-refractivity contribution >= 4 is 40.3 Å². The summed E-state index contributed by atoms with van der Waals surface area (Å²) in [6, 6.07) is 14.6. The van der Waals surface area contributed by atoms with E-state index in [0.29, 0.717) is 18.7 Å². The first-order valence-corrected chi connectivity index (χ1v) is 13.1. The molecule has 3 heterocycles. The summed E-state index contributed by atoms with van der Waals surface area (Å²) in [6.45, 7) is 4.45. The number of carbonyl (C=O) groups excluding carboxylic acids is 1. The van der Waals surface area contributed by atoms with E-state index in [1.165, 1.54) is 17.8 Å². The minimum atomic E-state index is -0.279. The predicted octanol–water partition coefficient (Wildman–Crippen LogP) is 3.97. The van der Waals surface area contributed by atoms with Gasteiger partial charge in [0, 0.05) is 36.3 Å². The Hall–Kier alpha value is -2.20. The molecule has 33 heavy (non-hydrogen) atoms. The minimum absolute atomic E-state index is 0.00400.